The molecule has 0 atom stereocenters. The fourth-order valence-electron chi connectivity index (χ4n) is 1.43. The molecule has 90 valence electrons. The average Bonchev–Trinajstić information content (AvgIpc) is 2.35. The highest BCUT2D eigenvalue weighted by Gasteiger charge is 2.17. The van der Waals surface area contributed by atoms with E-state index in [9.17, 15) is 9.59 Å². The number of nitrogens with one attached hydrogen (secondary N) is 1. The quantitative estimate of drug-likeness (QED) is 0.782. The van der Waals surface area contributed by atoms with E-state index in [-0.39, 0.29) is 19.1 Å². The molecule has 17 heavy (non-hydrogen) atoms. The largest absolute Gasteiger partial charge is 0.460 e. The number of carbonyl (C=O) groups excluding carboxylic acids is 2. The van der Waals surface area contributed by atoms with E-state index in [0.717, 1.165) is 4.90 Å². The van der Waals surface area contributed by atoms with Crippen molar-refractivity contribution in [3.8, 4) is 0 Å². The summed E-state index contributed by atoms with van der Waals surface area (Å²) in [6.45, 7) is -0.236. The summed E-state index contributed by atoms with van der Waals surface area (Å²) in [7, 11) is 0. The first kappa shape index (κ1) is 11.9. The highest BCUT2D eigenvalue weighted by Crippen LogP contribution is 2.32. The van der Waals surface area contributed by atoms with Gasteiger partial charge in [-0.2, -0.15) is 0 Å². The standard InChI is InChI=1S/C11H11NO4S/c13-3-4-16-11(15)7-1-2-9-8(5-7)12-10(14)6-17-9/h1-2,5,13H,3-4,6H2,(H,12,14). The van der Waals surface area contributed by atoms with Gasteiger partial charge in [-0.15, -0.1) is 11.8 Å². The van der Waals surface area contributed by atoms with Crippen molar-refractivity contribution in [2.45, 2.75) is 4.90 Å². The number of anilines is 1. The number of carbonyl (C=O) groups is 2. The molecule has 2 N–H and O–H groups in total. The van der Waals surface area contributed by atoms with Crippen molar-refractivity contribution in [1.29, 1.82) is 0 Å². The first-order chi connectivity index (χ1) is 8.20. The Balaban J connectivity index is 2.18. The number of hydrogen-bond acceptors (Lipinski definition) is 5. The molecule has 0 saturated carbocycles. The molecule has 0 aliphatic carbocycles. The molecule has 1 amide bonds. The first-order valence-corrected chi connectivity index (χ1v) is 6.04. The van der Waals surface area contributed by atoms with Crippen molar-refractivity contribution in [3.05, 3.63) is 23.8 Å². The van der Waals surface area contributed by atoms with E-state index in [1.807, 2.05) is 0 Å². The highest BCUT2D eigenvalue weighted by atomic mass is 32.2. The van der Waals surface area contributed by atoms with Gasteiger partial charge in [0.15, 0.2) is 0 Å². The lowest BCUT2D eigenvalue weighted by molar-refractivity contribution is -0.113. The van der Waals surface area contributed by atoms with Crippen molar-refractivity contribution < 1.29 is 19.4 Å². The monoisotopic (exact) mass is 253 g/mol. The zero-order valence-electron chi connectivity index (χ0n) is 8.93. The Morgan fingerprint density at radius 1 is 1.53 bits per heavy atom. The van der Waals surface area contributed by atoms with Gasteiger partial charge in [0.25, 0.3) is 0 Å². The molecule has 1 aromatic rings. The smallest absolute Gasteiger partial charge is 0.338 e. The van der Waals surface area contributed by atoms with Gasteiger partial charge in [0.05, 0.1) is 23.6 Å². The summed E-state index contributed by atoms with van der Waals surface area (Å²) >= 11 is 1.43. The molecule has 1 aromatic carbocycles. The third-order valence-electron chi connectivity index (χ3n) is 2.17. The Morgan fingerprint density at radius 2 is 2.35 bits per heavy atom. The second-order valence-corrected chi connectivity index (χ2v) is 4.42. The van der Waals surface area contributed by atoms with E-state index in [1.165, 1.54) is 11.8 Å². The number of aliphatic hydroxyl groups is 1. The van der Waals surface area contributed by atoms with Gasteiger partial charge in [-0.3, -0.25) is 4.79 Å². The van der Waals surface area contributed by atoms with Gasteiger partial charge >= 0.3 is 5.97 Å². The first-order valence-electron chi connectivity index (χ1n) is 5.05. The molecule has 5 nitrogen and oxygen atoms in total. The van der Waals surface area contributed by atoms with Crippen LogP contribution < -0.4 is 5.32 Å². The lowest BCUT2D eigenvalue weighted by Gasteiger charge is -2.16. The third-order valence-corrected chi connectivity index (χ3v) is 3.25. The van der Waals surface area contributed by atoms with Crippen LogP contribution in [0.2, 0.25) is 0 Å². The summed E-state index contributed by atoms with van der Waals surface area (Å²) in [5.74, 6) is -0.198. The fraction of sp³-hybridized carbons (Fsp3) is 0.273. The van der Waals surface area contributed by atoms with E-state index in [0.29, 0.717) is 17.0 Å². The molecule has 0 saturated heterocycles. The van der Waals surface area contributed by atoms with Crippen LogP contribution >= 0.6 is 11.8 Å². The van der Waals surface area contributed by atoms with E-state index >= 15 is 0 Å². The predicted molar refractivity (Wildman–Crippen MR) is 63.2 cm³/mol. The molecular weight excluding hydrogens is 242 g/mol. The van der Waals surface area contributed by atoms with Crippen LogP contribution in [0.4, 0.5) is 5.69 Å². The minimum Gasteiger partial charge on any atom is -0.460 e. The summed E-state index contributed by atoms with van der Waals surface area (Å²) < 4.78 is 4.79. The zero-order chi connectivity index (χ0) is 12.3. The zero-order valence-corrected chi connectivity index (χ0v) is 9.75. The summed E-state index contributed by atoms with van der Waals surface area (Å²) in [5.41, 5.74) is 0.990. The van der Waals surface area contributed by atoms with E-state index in [4.69, 9.17) is 9.84 Å². The molecule has 1 aliphatic rings. The topological polar surface area (TPSA) is 75.6 Å². The maximum Gasteiger partial charge on any atom is 0.338 e. The summed E-state index contributed by atoms with van der Waals surface area (Å²) in [6, 6.07) is 5.00. The highest BCUT2D eigenvalue weighted by molar-refractivity contribution is 8.00. The molecule has 1 heterocycles. The molecule has 1 aliphatic heterocycles. The van der Waals surface area contributed by atoms with Crippen molar-refractivity contribution >= 4 is 29.3 Å². The second kappa shape index (κ2) is 5.20. The van der Waals surface area contributed by atoms with Crippen molar-refractivity contribution in [2.75, 3.05) is 24.3 Å². The van der Waals surface area contributed by atoms with Crippen molar-refractivity contribution in [1.82, 2.24) is 0 Å². The number of thioether (sulfide) groups is 1. The summed E-state index contributed by atoms with van der Waals surface area (Å²) in [4.78, 5) is 23.6. The maximum atomic E-state index is 11.5. The number of benzene rings is 1. The number of aliphatic hydroxyl groups excluding tert-OH is 1. The molecule has 2 rings (SSSR count). The van der Waals surface area contributed by atoms with E-state index in [2.05, 4.69) is 5.32 Å². The van der Waals surface area contributed by atoms with Gasteiger partial charge in [-0.25, -0.2) is 4.79 Å². The molecule has 0 spiro atoms. The SMILES string of the molecule is O=C1CSc2ccc(C(=O)OCCO)cc2N1. The maximum absolute atomic E-state index is 11.5. The molecule has 0 fully saturated rings. The average molecular weight is 253 g/mol. The minimum absolute atomic E-state index is 0.0307. The van der Waals surface area contributed by atoms with Gasteiger partial charge in [0, 0.05) is 4.90 Å². The molecule has 0 unspecified atom stereocenters. The number of amides is 1. The Kier molecular flexibility index (Phi) is 3.65. The van der Waals surface area contributed by atoms with Crippen LogP contribution in [0.25, 0.3) is 0 Å². The molecule has 0 aromatic heterocycles. The van der Waals surface area contributed by atoms with Crippen LogP contribution in [-0.4, -0.2) is 35.9 Å². The lowest BCUT2D eigenvalue weighted by Crippen LogP contribution is -2.19. The number of esters is 1. The predicted octanol–water partition coefficient (Wildman–Crippen LogP) is 0.880. The molecule has 0 bridgehead atoms. The number of ether oxygens (including phenoxy) is 1. The number of rotatable bonds is 3. The van der Waals surface area contributed by atoms with Crippen LogP contribution in [0, 0.1) is 0 Å². The Morgan fingerprint density at radius 3 is 3.12 bits per heavy atom. The van der Waals surface area contributed by atoms with Crippen LogP contribution in [0.15, 0.2) is 23.1 Å². The Labute approximate surface area is 102 Å². The van der Waals surface area contributed by atoms with Gasteiger partial charge in [0.1, 0.15) is 6.61 Å². The number of fused-ring (bicyclic) bond motifs is 1. The van der Waals surface area contributed by atoms with Crippen LogP contribution in [-0.2, 0) is 9.53 Å². The van der Waals surface area contributed by atoms with Crippen LogP contribution in [0.1, 0.15) is 10.4 Å². The summed E-state index contributed by atoms with van der Waals surface area (Å²) in [5, 5.41) is 11.2. The van der Waals surface area contributed by atoms with Gasteiger partial charge in [-0.1, -0.05) is 0 Å². The Hall–Kier alpha value is -1.53. The van der Waals surface area contributed by atoms with E-state index < -0.39 is 5.97 Å². The summed E-state index contributed by atoms with van der Waals surface area (Å²) in [6.07, 6.45) is 0. The fourth-order valence-corrected chi connectivity index (χ4v) is 2.22. The van der Waals surface area contributed by atoms with Crippen LogP contribution in [0.3, 0.4) is 0 Å². The van der Waals surface area contributed by atoms with Gasteiger partial charge in [0.2, 0.25) is 5.91 Å². The second-order valence-electron chi connectivity index (χ2n) is 3.41. The van der Waals surface area contributed by atoms with E-state index in [1.54, 1.807) is 18.2 Å². The van der Waals surface area contributed by atoms with Crippen molar-refractivity contribution in [3.63, 3.8) is 0 Å². The molecule has 6 heteroatoms. The Bertz CT molecular complexity index is 461. The van der Waals surface area contributed by atoms with Gasteiger partial charge < -0.3 is 15.2 Å². The third kappa shape index (κ3) is 2.78. The molecular formula is C11H11NO4S. The lowest BCUT2D eigenvalue weighted by atomic mass is 10.2. The normalized spacial score (nSPS) is 13.8. The minimum atomic E-state index is -0.508. The number of hydrogen-bond donors (Lipinski definition) is 2. The van der Waals surface area contributed by atoms with Crippen molar-refractivity contribution in [2.24, 2.45) is 0 Å². The molecule has 0 radical (unpaired) electrons. The van der Waals surface area contributed by atoms with Gasteiger partial charge in [-0.05, 0) is 18.2 Å². The van der Waals surface area contributed by atoms with Crippen LogP contribution in [0.5, 0.6) is 0 Å².